The van der Waals surface area contributed by atoms with E-state index in [0.29, 0.717) is 12.4 Å². The number of primary amides is 1. The van der Waals surface area contributed by atoms with Crippen LogP contribution in [0.15, 0.2) is 11.4 Å². The average Bonchev–Trinajstić information content (AvgIpc) is 2.86. The second-order valence-corrected chi connectivity index (χ2v) is 5.32. The Balaban J connectivity index is 2.26. The molecule has 108 valence electrons. The minimum absolute atomic E-state index is 0.221. The Morgan fingerprint density at radius 2 is 2.25 bits per heavy atom. The van der Waals surface area contributed by atoms with Gasteiger partial charge in [0.1, 0.15) is 16.5 Å². The van der Waals surface area contributed by atoms with Gasteiger partial charge in [-0.25, -0.2) is 9.97 Å². The van der Waals surface area contributed by atoms with Gasteiger partial charge in [-0.3, -0.25) is 9.69 Å². The van der Waals surface area contributed by atoms with E-state index >= 15 is 0 Å². The molecule has 7 heteroatoms. The highest BCUT2D eigenvalue weighted by Gasteiger charge is 2.12. The third-order valence-electron chi connectivity index (χ3n) is 2.91. The number of thiophene rings is 1. The number of hydrogen-bond acceptors (Lipinski definition) is 6. The summed E-state index contributed by atoms with van der Waals surface area (Å²) < 4.78 is 0. The first-order chi connectivity index (χ1) is 9.63. The zero-order valence-corrected chi connectivity index (χ0v) is 12.5. The van der Waals surface area contributed by atoms with Crippen molar-refractivity contribution in [1.29, 1.82) is 0 Å². The van der Waals surface area contributed by atoms with Crippen molar-refractivity contribution in [3.8, 4) is 0 Å². The fourth-order valence-electron chi connectivity index (χ4n) is 1.97. The maximum absolute atomic E-state index is 11.0. The van der Waals surface area contributed by atoms with Crippen molar-refractivity contribution >= 4 is 33.3 Å². The second kappa shape index (κ2) is 6.62. The van der Waals surface area contributed by atoms with Crippen LogP contribution < -0.4 is 11.1 Å². The third-order valence-corrected chi connectivity index (χ3v) is 3.71. The monoisotopic (exact) mass is 293 g/mol. The van der Waals surface area contributed by atoms with Crippen LogP contribution in [0.3, 0.4) is 0 Å². The normalized spacial score (nSPS) is 11.2. The Kier molecular flexibility index (Phi) is 4.86. The maximum atomic E-state index is 11.0. The van der Waals surface area contributed by atoms with Gasteiger partial charge in [-0.15, -0.1) is 11.3 Å². The Morgan fingerprint density at radius 3 is 2.90 bits per heavy atom. The Morgan fingerprint density at radius 1 is 1.45 bits per heavy atom. The summed E-state index contributed by atoms with van der Waals surface area (Å²) in [5, 5.41) is 6.30. The molecule has 2 rings (SSSR count). The molecule has 1 amide bonds. The van der Waals surface area contributed by atoms with E-state index in [2.05, 4.69) is 15.3 Å². The molecule has 20 heavy (non-hydrogen) atoms. The van der Waals surface area contributed by atoms with Gasteiger partial charge in [-0.05, 0) is 24.9 Å². The SMILES string of the molecule is CCNc1nc(CN(CC)CC(N)=O)nc2sccc12. The van der Waals surface area contributed by atoms with E-state index < -0.39 is 0 Å². The topological polar surface area (TPSA) is 84.1 Å². The van der Waals surface area contributed by atoms with Gasteiger partial charge in [0, 0.05) is 6.54 Å². The van der Waals surface area contributed by atoms with Crippen molar-refractivity contribution in [3.05, 3.63) is 17.3 Å². The Labute approximate surface area is 122 Å². The van der Waals surface area contributed by atoms with Crippen LogP contribution in [0.4, 0.5) is 5.82 Å². The molecule has 2 aromatic rings. The lowest BCUT2D eigenvalue weighted by Gasteiger charge is -2.17. The lowest BCUT2D eigenvalue weighted by atomic mass is 10.3. The number of hydrogen-bond donors (Lipinski definition) is 2. The molecule has 0 aliphatic carbocycles. The first-order valence-electron chi connectivity index (χ1n) is 6.62. The van der Waals surface area contributed by atoms with Crippen LogP contribution in [-0.2, 0) is 11.3 Å². The van der Waals surface area contributed by atoms with Crippen LogP contribution in [0.2, 0.25) is 0 Å². The van der Waals surface area contributed by atoms with E-state index in [0.717, 1.165) is 29.1 Å². The summed E-state index contributed by atoms with van der Waals surface area (Å²) in [6.07, 6.45) is 0. The molecule has 0 aromatic carbocycles. The predicted octanol–water partition coefficient (Wildman–Crippen LogP) is 1.43. The lowest BCUT2D eigenvalue weighted by molar-refractivity contribution is -0.119. The molecule has 0 bridgehead atoms. The molecular formula is C13H19N5OS. The number of aromatic nitrogens is 2. The summed E-state index contributed by atoms with van der Waals surface area (Å²) in [5.41, 5.74) is 5.24. The van der Waals surface area contributed by atoms with Crippen LogP contribution in [-0.4, -0.2) is 40.4 Å². The maximum Gasteiger partial charge on any atom is 0.231 e. The highest BCUT2D eigenvalue weighted by atomic mass is 32.1. The molecule has 0 spiro atoms. The number of likely N-dealkylation sites (N-methyl/N-ethyl adjacent to an activating group) is 1. The molecule has 3 N–H and O–H groups in total. The highest BCUT2D eigenvalue weighted by molar-refractivity contribution is 7.16. The molecule has 0 unspecified atom stereocenters. The number of anilines is 1. The van der Waals surface area contributed by atoms with Gasteiger partial charge in [-0.2, -0.15) is 0 Å². The number of carbonyl (C=O) groups excluding carboxylic acids is 1. The van der Waals surface area contributed by atoms with Crippen LogP contribution in [0.5, 0.6) is 0 Å². The molecule has 0 aliphatic rings. The molecular weight excluding hydrogens is 274 g/mol. The van der Waals surface area contributed by atoms with Crippen molar-refractivity contribution in [2.75, 3.05) is 25.0 Å². The molecule has 2 aromatic heterocycles. The molecule has 0 radical (unpaired) electrons. The minimum Gasteiger partial charge on any atom is -0.370 e. The van der Waals surface area contributed by atoms with E-state index in [9.17, 15) is 4.79 Å². The summed E-state index contributed by atoms with van der Waals surface area (Å²) in [7, 11) is 0. The van der Waals surface area contributed by atoms with E-state index in [4.69, 9.17) is 5.73 Å². The number of carbonyl (C=O) groups is 1. The fourth-order valence-corrected chi connectivity index (χ4v) is 2.76. The first-order valence-corrected chi connectivity index (χ1v) is 7.50. The number of rotatable bonds is 7. The van der Waals surface area contributed by atoms with E-state index in [1.165, 1.54) is 0 Å². The fraction of sp³-hybridized carbons (Fsp3) is 0.462. The van der Waals surface area contributed by atoms with Gasteiger partial charge in [-0.1, -0.05) is 6.92 Å². The Hall–Kier alpha value is -1.73. The quantitative estimate of drug-likeness (QED) is 0.807. The molecule has 0 saturated heterocycles. The van der Waals surface area contributed by atoms with Crippen LogP contribution >= 0.6 is 11.3 Å². The standard InChI is InChI=1S/C13H19N5OS/c1-3-15-12-9-5-6-20-13(9)17-11(16-12)8-18(4-2)7-10(14)19/h5-6H,3-4,7-8H2,1-2H3,(H2,14,19)(H,15,16,17). The van der Waals surface area contributed by atoms with Gasteiger partial charge in [0.2, 0.25) is 5.91 Å². The van der Waals surface area contributed by atoms with Gasteiger partial charge in [0.05, 0.1) is 18.5 Å². The second-order valence-electron chi connectivity index (χ2n) is 4.43. The van der Waals surface area contributed by atoms with E-state index in [1.54, 1.807) is 11.3 Å². The number of nitrogens with two attached hydrogens (primary N) is 1. The molecule has 6 nitrogen and oxygen atoms in total. The van der Waals surface area contributed by atoms with Crippen molar-refractivity contribution < 1.29 is 4.79 Å². The molecule has 0 atom stereocenters. The first kappa shape index (κ1) is 14.7. The van der Waals surface area contributed by atoms with Crippen molar-refractivity contribution in [3.63, 3.8) is 0 Å². The average molecular weight is 293 g/mol. The number of nitrogens with zero attached hydrogens (tertiary/aromatic N) is 3. The number of nitrogens with one attached hydrogen (secondary N) is 1. The number of fused-ring (bicyclic) bond motifs is 1. The smallest absolute Gasteiger partial charge is 0.231 e. The van der Waals surface area contributed by atoms with Crippen LogP contribution in [0.25, 0.3) is 10.2 Å². The van der Waals surface area contributed by atoms with Crippen molar-refractivity contribution in [2.24, 2.45) is 5.73 Å². The molecule has 0 fully saturated rings. The highest BCUT2D eigenvalue weighted by Crippen LogP contribution is 2.25. The molecule has 0 aliphatic heterocycles. The summed E-state index contributed by atoms with van der Waals surface area (Å²) in [6.45, 7) is 6.29. The lowest BCUT2D eigenvalue weighted by Crippen LogP contribution is -2.33. The largest absolute Gasteiger partial charge is 0.370 e. The summed E-state index contributed by atoms with van der Waals surface area (Å²) >= 11 is 1.59. The minimum atomic E-state index is -0.337. The molecule has 0 saturated carbocycles. The zero-order chi connectivity index (χ0) is 14.5. The van der Waals surface area contributed by atoms with E-state index in [-0.39, 0.29) is 12.5 Å². The van der Waals surface area contributed by atoms with Crippen LogP contribution in [0.1, 0.15) is 19.7 Å². The van der Waals surface area contributed by atoms with Gasteiger partial charge in [0.25, 0.3) is 0 Å². The number of amides is 1. The van der Waals surface area contributed by atoms with Gasteiger partial charge < -0.3 is 11.1 Å². The van der Waals surface area contributed by atoms with Crippen molar-refractivity contribution in [2.45, 2.75) is 20.4 Å². The van der Waals surface area contributed by atoms with E-state index in [1.807, 2.05) is 30.2 Å². The Bertz CT molecular complexity index is 597. The predicted molar refractivity (Wildman–Crippen MR) is 81.7 cm³/mol. The van der Waals surface area contributed by atoms with Crippen LogP contribution in [0, 0.1) is 0 Å². The zero-order valence-electron chi connectivity index (χ0n) is 11.7. The van der Waals surface area contributed by atoms with Gasteiger partial charge in [0.15, 0.2) is 0 Å². The third kappa shape index (κ3) is 3.43. The van der Waals surface area contributed by atoms with Gasteiger partial charge >= 0.3 is 0 Å². The summed E-state index contributed by atoms with van der Waals surface area (Å²) in [4.78, 5) is 23.0. The summed E-state index contributed by atoms with van der Waals surface area (Å²) in [6, 6.07) is 2.02. The molecule has 2 heterocycles. The summed E-state index contributed by atoms with van der Waals surface area (Å²) in [5.74, 6) is 1.22. The van der Waals surface area contributed by atoms with Crippen molar-refractivity contribution in [1.82, 2.24) is 14.9 Å².